The Balaban J connectivity index is 0.000000174. The van der Waals surface area contributed by atoms with Gasteiger partial charge in [0.25, 0.3) is 11.8 Å². The Kier molecular flexibility index (Phi) is 28.3. The number of hydrogen-bond donors (Lipinski definition) is 6. The third kappa shape index (κ3) is 25.0. The Morgan fingerprint density at radius 2 is 0.758 bits per heavy atom. The highest BCUT2D eigenvalue weighted by Crippen LogP contribution is 2.26. The van der Waals surface area contributed by atoms with Gasteiger partial charge >= 0.3 is 23.9 Å². The van der Waals surface area contributed by atoms with Crippen molar-refractivity contribution in [1.29, 1.82) is 0 Å². The van der Waals surface area contributed by atoms with Crippen molar-refractivity contribution < 1.29 is 70.9 Å². The number of aromatic carboxylic acids is 1. The number of anilines is 4. The van der Waals surface area contributed by atoms with Gasteiger partial charge < -0.3 is 59.5 Å². The molecule has 498 valence electrons. The zero-order valence-electron chi connectivity index (χ0n) is 52.7. The number of esters is 2. The smallest absolute Gasteiger partial charge is 0.371 e. The molecule has 23 nitrogen and oxygen atoms in total. The van der Waals surface area contributed by atoms with Gasteiger partial charge in [0.1, 0.15) is 50.9 Å². The van der Waals surface area contributed by atoms with E-state index in [0.29, 0.717) is 69.7 Å². The maximum atomic E-state index is 12.3. The summed E-state index contributed by atoms with van der Waals surface area (Å²) in [5.74, 6) is 0.919. The van der Waals surface area contributed by atoms with E-state index in [1.807, 2.05) is 133 Å². The van der Waals surface area contributed by atoms with Crippen molar-refractivity contribution in [1.82, 2.24) is 19.9 Å². The number of hydrogen-bond acceptors (Lipinski definition) is 19. The SMILES string of the molecule is COC(=O)/C=C/c1cccc(N)n1.COC(=O)/C=C/c1cccc(NC(=O)c2ccc(-c3ccccc3)o2)n1.Nc1cccc(Br)n1.O=C(O)/C=C/c1cccc(NC(=O)c2ccc(-c3ccccc3)o2)n1.O=C(O)c1ccc(-c2ccccc2)o1.O=Cc1ccc(-c2ccccc2)o1. The Hall–Kier alpha value is -13.6. The Morgan fingerprint density at radius 3 is 1.10 bits per heavy atom. The molecule has 8 N–H and O–H groups in total. The third-order valence-electron chi connectivity index (χ3n) is 12.6. The van der Waals surface area contributed by atoms with Gasteiger partial charge in [0, 0.05) is 40.5 Å². The fraction of sp³-hybridized carbons (Fsp3) is 0.0267. The van der Waals surface area contributed by atoms with Gasteiger partial charge in [-0.2, -0.15) is 0 Å². The number of nitrogen functional groups attached to an aromatic ring is 2. The van der Waals surface area contributed by atoms with Crippen molar-refractivity contribution in [2.24, 2.45) is 0 Å². The van der Waals surface area contributed by atoms with Crippen molar-refractivity contribution >= 4 is 99.4 Å². The number of amides is 2. The highest BCUT2D eigenvalue weighted by molar-refractivity contribution is 9.10. The van der Waals surface area contributed by atoms with E-state index in [2.05, 4.69) is 56.0 Å². The number of carbonyl (C=O) groups is 7. The number of carbonyl (C=O) groups excluding carboxylic acids is 5. The number of nitrogens with one attached hydrogen (secondary N) is 2. The number of nitrogens with zero attached hydrogens (tertiary/aromatic N) is 4. The third-order valence-corrected chi connectivity index (χ3v) is 13.0. The fourth-order valence-electron chi connectivity index (χ4n) is 7.99. The molecular formula is C75H61BrN8O15. The van der Waals surface area contributed by atoms with Gasteiger partial charge in [-0.25, -0.2) is 39.1 Å². The van der Waals surface area contributed by atoms with Crippen LogP contribution in [0.15, 0.2) is 283 Å². The highest BCUT2D eigenvalue weighted by Gasteiger charge is 2.16. The molecule has 0 aliphatic heterocycles. The van der Waals surface area contributed by atoms with E-state index in [4.69, 9.17) is 39.3 Å². The van der Waals surface area contributed by atoms with Crippen LogP contribution in [-0.2, 0) is 23.9 Å². The molecule has 0 radical (unpaired) electrons. The minimum Gasteiger partial charge on any atom is -0.478 e. The number of ether oxygens (including phenoxy) is 2. The number of rotatable bonds is 16. The molecule has 0 bridgehead atoms. The second-order valence-electron chi connectivity index (χ2n) is 19.6. The molecule has 0 aliphatic rings. The molecule has 2 amide bonds. The van der Waals surface area contributed by atoms with Crippen molar-refractivity contribution in [3.05, 3.63) is 306 Å². The van der Waals surface area contributed by atoms with Crippen LogP contribution in [0.3, 0.4) is 0 Å². The van der Waals surface area contributed by atoms with Crippen LogP contribution in [0.5, 0.6) is 0 Å². The molecular weight excluding hydrogens is 1330 g/mol. The number of benzene rings is 4. The van der Waals surface area contributed by atoms with E-state index in [1.54, 1.807) is 109 Å². The molecule has 8 heterocycles. The molecule has 12 aromatic rings. The number of aliphatic carboxylic acids is 1. The number of halogens is 1. The molecule has 24 heteroatoms. The number of carboxylic acids is 2. The van der Waals surface area contributed by atoms with Crippen LogP contribution in [0, 0.1) is 0 Å². The zero-order valence-corrected chi connectivity index (χ0v) is 54.2. The quantitative estimate of drug-likeness (QED) is 0.0226. The minimum atomic E-state index is -1.07. The van der Waals surface area contributed by atoms with Crippen LogP contribution in [-0.4, -0.2) is 86.3 Å². The summed E-state index contributed by atoms with van der Waals surface area (Å²) in [6.07, 6.45) is 8.62. The average Bonchev–Trinajstić information content (AvgIpc) is 1.76. The minimum absolute atomic E-state index is 0.0381. The number of furan rings is 4. The number of methoxy groups -OCH3 is 2. The number of carboxylic acid groups (broad SMARTS) is 2. The molecule has 0 fully saturated rings. The lowest BCUT2D eigenvalue weighted by molar-refractivity contribution is -0.135. The number of aldehydes is 1. The molecule has 99 heavy (non-hydrogen) atoms. The first-order valence-corrected chi connectivity index (χ1v) is 30.1. The maximum absolute atomic E-state index is 12.3. The van der Waals surface area contributed by atoms with Crippen LogP contribution in [0.1, 0.15) is 59.3 Å². The van der Waals surface area contributed by atoms with Gasteiger partial charge in [-0.15, -0.1) is 0 Å². The van der Waals surface area contributed by atoms with E-state index in [0.717, 1.165) is 38.7 Å². The number of aromatic nitrogens is 4. The van der Waals surface area contributed by atoms with Gasteiger partial charge in [0.15, 0.2) is 23.6 Å². The van der Waals surface area contributed by atoms with Crippen molar-refractivity contribution in [2.75, 3.05) is 36.3 Å². The second kappa shape index (κ2) is 38.5. The van der Waals surface area contributed by atoms with Gasteiger partial charge in [0.05, 0.1) is 31.3 Å². The van der Waals surface area contributed by atoms with Crippen LogP contribution >= 0.6 is 15.9 Å². The second-order valence-corrected chi connectivity index (χ2v) is 20.5. The maximum Gasteiger partial charge on any atom is 0.371 e. The zero-order chi connectivity index (χ0) is 70.7. The number of nitrogens with two attached hydrogens (primary N) is 2. The van der Waals surface area contributed by atoms with Crippen LogP contribution in [0.2, 0.25) is 0 Å². The lowest BCUT2D eigenvalue weighted by Gasteiger charge is -2.03. The van der Waals surface area contributed by atoms with Crippen LogP contribution in [0.4, 0.5) is 23.3 Å². The Morgan fingerprint density at radius 1 is 0.404 bits per heavy atom. The summed E-state index contributed by atoms with van der Waals surface area (Å²) in [6, 6.07) is 71.8. The first-order chi connectivity index (χ1) is 47.9. The predicted molar refractivity (Wildman–Crippen MR) is 377 cm³/mol. The van der Waals surface area contributed by atoms with E-state index >= 15 is 0 Å². The van der Waals surface area contributed by atoms with Gasteiger partial charge in [-0.3, -0.25) is 14.4 Å². The van der Waals surface area contributed by atoms with E-state index in [9.17, 15) is 33.6 Å². The first-order valence-electron chi connectivity index (χ1n) is 29.4. The largest absolute Gasteiger partial charge is 0.478 e. The predicted octanol–water partition coefficient (Wildman–Crippen LogP) is 15.2. The molecule has 0 atom stereocenters. The fourth-order valence-corrected chi connectivity index (χ4v) is 8.35. The van der Waals surface area contributed by atoms with Crippen LogP contribution < -0.4 is 22.1 Å². The van der Waals surface area contributed by atoms with Crippen molar-refractivity contribution in [2.45, 2.75) is 0 Å². The van der Waals surface area contributed by atoms with Gasteiger partial charge in [0.2, 0.25) is 5.76 Å². The molecule has 0 saturated carbocycles. The topological polar surface area (TPSA) is 359 Å². The molecule has 0 unspecified atom stereocenters. The average molecular weight is 1390 g/mol. The first kappa shape index (κ1) is 72.8. The van der Waals surface area contributed by atoms with Crippen molar-refractivity contribution in [3.63, 3.8) is 0 Å². The molecule has 0 aliphatic carbocycles. The molecule has 0 spiro atoms. The summed E-state index contributed by atoms with van der Waals surface area (Å²) in [5, 5.41) is 22.6. The van der Waals surface area contributed by atoms with E-state index in [-0.39, 0.29) is 17.3 Å². The summed E-state index contributed by atoms with van der Waals surface area (Å²) in [4.78, 5) is 94.1. The molecule has 0 saturated heterocycles. The summed E-state index contributed by atoms with van der Waals surface area (Å²) in [7, 11) is 2.61. The highest BCUT2D eigenvalue weighted by atomic mass is 79.9. The molecule has 8 aromatic heterocycles. The summed E-state index contributed by atoms with van der Waals surface area (Å²) >= 11 is 3.17. The Bertz CT molecular complexity index is 4690. The van der Waals surface area contributed by atoms with Crippen LogP contribution in [0.25, 0.3) is 63.5 Å². The molecule has 12 rings (SSSR count). The normalized spacial score (nSPS) is 10.3. The number of pyridine rings is 4. The van der Waals surface area contributed by atoms with E-state index in [1.165, 1.54) is 44.6 Å². The monoisotopic (exact) mass is 1390 g/mol. The van der Waals surface area contributed by atoms with E-state index < -0.39 is 35.7 Å². The molecule has 4 aromatic carbocycles. The standard InChI is InChI=1S/C20H16N2O4.C19H14N2O4.C11H8O3.C11H8O2.C9H10N2O2.C5H5BrN2/c1-25-19(23)13-10-15-8-5-9-18(21-15)22-20(24)17-12-11-16(26-17)14-6-3-2-4-7-14;22-18(23)12-9-14-7-4-8-17(20-14)21-19(24)16-11-10-15(25-16)13-5-2-1-3-6-13;12-11(13)10-7-6-9(14-10)8-4-2-1-3-5-8;12-8-10-6-7-11(13-10)9-4-2-1-3-5-9;1-13-9(12)6-5-7-3-2-4-8(10)11-7;6-4-2-1-3-5(7)8-4/h2-13H,1H3,(H,21,22,24);1-12H,(H,22,23)(H,20,21,24);1-7H,(H,12,13);1-8H;2-6H,1H3,(H2,10,11);1-3H,(H2,7,8)/b13-10+;12-9+;;;6-5+;. The van der Waals surface area contributed by atoms with Gasteiger partial charge in [-0.05, 0) is 131 Å². The van der Waals surface area contributed by atoms with Gasteiger partial charge in [-0.1, -0.05) is 146 Å². The Labute approximate surface area is 574 Å². The summed E-state index contributed by atoms with van der Waals surface area (Å²) in [6.45, 7) is 0. The lowest BCUT2D eigenvalue weighted by atomic mass is 10.2. The lowest BCUT2D eigenvalue weighted by Crippen LogP contribution is -2.12. The summed E-state index contributed by atoms with van der Waals surface area (Å²) < 4.78 is 31.3. The van der Waals surface area contributed by atoms with Crippen molar-refractivity contribution in [3.8, 4) is 45.3 Å². The summed E-state index contributed by atoms with van der Waals surface area (Å²) in [5.41, 5.74) is 15.9.